The molecule has 0 spiro atoms. The van der Waals surface area contributed by atoms with E-state index in [-0.39, 0.29) is 11.0 Å². The van der Waals surface area contributed by atoms with Crippen molar-refractivity contribution in [1.82, 2.24) is 0 Å². The average molecular weight is 300 g/mol. The van der Waals surface area contributed by atoms with Crippen LogP contribution >= 0.6 is 0 Å². The molecule has 1 N–H and O–H groups in total. The van der Waals surface area contributed by atoms with E-state index in [0.717, 1.165) is 0 Å². The van der Waals surface area contributed by atoms with Gasteiger partial charge in [-0.25, -0.2) is 9.59 Å². The van der Waals surface area contributed by atoms with Crippen LogP contribution in [0, 0.1) is 5.41 Å². The fourth-order valence-corrected chi connectivity index (χ4v) is 1.96. The summed E-state index contributed by atoms with van der Waals surface area (Å²) in [5.41, 5.74) is 0.351. The molecule has 0 amide bonds. The molecule has 21 heavy (non-hydrogen) atoms. The van der Waals surface area contributed by atoms with Crippen molar-refractivity contribution < 1.29 is 33.8 Å². The molecule has 0 atom stereocenters. The Morgan fingerprint density at radius 3 is 1.71 bits per heavy atom. The molecule has 7 nitrogen and oxygen atoms in total. The third-order valence-electron chi connectivity index (χ3n) is 2.65. The lowest BCUT2D eigenvalue weighted by atomic mass is 9.89. The van der Waals surface area contributed by atoms with Gasteiger partial charge in [-0.3, -0.25) is 9.59 Å². The normalized spacial score (nSPS) is 15.7. The maximum absolute atomic E-state index is 11.3. The van der Waals surface area contributed by atoms with Crippen LogP contribution in [0.25, 0.3) is 0 Å². The number of carboxylic acids is 1. The summed E-state index contributed by atoms with van der Waals surface area (Å²) in [6.45, 7) is 6.24. The standard InChI is InChI=1S/C10H14O4.C4H6O3/c1-10(2)4-6(8(11)12)7(5-10)9(13)14-3;1-3(5)7-4(2)6/h4-5H2,1-3H3,(H,11,12);1-2H3. The van der Waals surface area contributed by atoms with Crippen LogP contribution in [0.3, 0.4) is 0 Å². The van der Waals surface area contributed by atoms with Gasteiger partial charge in [-0.15, -0.1) is 0 Å². The first kappa shape index (κ1) is 18.8. The fraction of sp³-hybridized carbons (Fsp3) is 0.571. The van der Waals surface area contributed by atoms with Gasteiger partial charge in [0.05, 0.1) is 7.11 Å². The fourth-order valence-electron chi connectivity index (χ4n) is 1.96. The second-order valence-corrected chi connectivity index (χ2v) is 5.36. The zero-order chi connectivity index (χ0) is 16.8. The van der Waals surface area contributed by atoms with Crippen molar-refractivity contribution in [2.75, 3.05) is 7.11 Å². The Morgan fingerprint density at radius 2 is 1.43 bits per heavy atom. The molecular weight excluding hydrogens is 280 g/mol. The monoisotopic (exact) mass is 300 g/mol. The number of rotatable bonds is 2. The van der Waals surface area contributed by atoms with E-state index in [0.29, 0.717) is 18.4 Å². The summed E-state index contributed by atoms with van der Waals surface area (Å²) in [5.74, 6) is -2.66. The molecule has 0 aromatic heterocycles. The molecule has 0 bridgehead atoms. The molecule has 7 heteroatoms. The maximum Gasteiger partial charge on any atom is 0.334 e. The summed E-state index contributed by atoms with van der Waals surface area (Å²) in [6, 6.07) is 0. The molecule has 0 radical (unpaired) electrons. The van der Waals surface area contributed by atoms with Crippen molar-refractivity contribution in [1.29, 1.82) is 0 Å². The Bertz CT molecular complexity index is 474. The minimum atomic E-state index is -1.02. The minimum absolute atomic E-state index is 0.156. The molecule has 1 aliphatic rings. The highest BCUT2D eigenvalue weighted by atomic mass is 16.6. The van der Waals surface area contributed by atoms with Gasteiger partial charge in [0, 0.05) is 25.0 Å². The van der Waals surface area contributed by atoms with Gasteiger partial charge in [0.2, 0.25) is 0 Å². The van der Waals surface area contributed by atoms with Crippen LogP contribution < -0.4 is 0 Å². The molecule has 0 aromatic rings. The lowest BCUT2D eigenvalue weighted by molar-refractivity contribution is -0.156. The zero-order valence-corrected chi connectivity index (χ0v) is 12.8. The highest BCUT2D eigenvalue weighted by Gasteiger charge is 2.37. The zero-order valence-electron chi connectivity index (χ0n) is 12.8. The molecule has 0 heterocycles. The predicted octanol–water partition coefficient (Wildman–Crippen LogP) is 1.46. The van der Waals surface area contributed by atoms with E-state index < -0.39 is 23.9 Å². The van der Waals surface area contributed by atoms with Crippen LogP contribution in [-0.2, 0) is 28.7 Å². The van der Waals surface area contributed by atoms with Gasteiger partial charge in [0.1, 0.15) is 0 Å². The van der Waals surface area contributed by atoms with Gasteiger partial charge in [0.25, 0.3) is 0 Å². The SMILES string of the molecule is CC(=O)OC(C)=O.COC(=O)C1=C(C(=O)O)CC(C)(C)C1. The molecule has 0 saturated heterocycles. The van der Waals surface area contributed by atoms with Gasteiger partial charge in [-0.05, 0) is 18.3 Å². The Balaban J connectivity index is 0.000000486. The average Bonchev–Trinajstić information content (AvgIpc) is 2.63. The lowest BCUT2D eigenvalue weighted by Gasteiger charge is -2.16. The van der Waals surface area contributed by atoms with Crippen LogP contribution in [-0.4, -0.2) is 36.1 Å². The number of methoxy groups -OCH3 is 1. The second-order valence-electron chi connectivity index (χ2n) is 5.36. The first-order valence-electron chi connectivity index (χ1n) is 6.22. The van der Waals surface area contributed by atoms with Gasteiger partial charge in [0.15, 0.2) is 0 Å². The van der Waals surface area contributed by atoms with E-state index >= 15 is 0 Å². The van der Waals surface area contributed by atoms with Crippen molar-refractivity contribution in [2.45, 2.75) is 40.5 Å². The van der Waals surface area contributed by atoms with Crippen molar-refractivity contribution >= 4 is 23.9 Å². The maximum atomic E-state index is 11.3. The Morgan fingerprint density at radius 1 is 1.00 bits per heavy atom. The summed E-state index contributed by atoms with van der Waals surface area (Å²) in [5, 5.41) is 8.89. The molecule has 0 aliphatic heterocycles. The summed E-state index contributed by atoms with van der Waals surface area (Å²) < 4.78 is 8.52. The van der Waals surface area contributed by atoms with Crippen molar-refractivity contribution in [3.8, 4) is 0 Å². The number of carboxylic acid groups (broad SMARTS) is 1. The molecule has 0 saturated carbocycles. The second kappa shape index (κ2) is 7.56. The first-order valence-corrected chi connectivity index (χ1v) is 6.22. The minimum Gasteiger partial charge on any atom is -0.478 e. The summed E-state index contributed by atoms with van der Waals surface area (Å²) in [4.78, 5) is 41.8. The molecule has 0 unspecified atom stereocenters. The quantitative estimate of drug-likeness (QED) is 0.607. The molecule has 118 valence electrons. The Kier molecular flexibility index (Phi) is 6.78. The lowest BCUT2D eigenvalue weighted by Crippen LogP contribution is -2.09. The molecule has 0 aromatic carbocycles. The van der Waals surface area contributed by atoms with E-state index in [4.69, 9.17) is 5.11 Å². The number of hydrogen-bond donors (Lipinski definition) is 1. The summed E-state index contributed by atoms with van der Waals surface area (Å²) >= 11 is 0. The highest BCUT2D eigenvalue weighted by molar-refractivity contribution is 6.00. The van der Waals surface area contributed by atoms with Crippen molar-refractivity contribution in [2.24, 2.45) is 5.41 Å². The molecular formula is C14H20O7. The van der Waals surface area contributed by atoms with Gasteiger partial charge in [-0.2, -0.15) is 0 Å². The van der Waals surface area contributed by atoms with Crippen molar-refractivity contribution in [3.63, 3.8) is 0 Å². The Labute approximate surface area is 122 Å². The molecule has 1 rings (SSSR count). The first-order chi connectivity index (χ1) is 9.50. The Hall–Kier alpha value is -2.18. The largest absolute Gasteiger partial charge is 0.478 e. The van der Waals surface area contributed by atoms with E-state index in [2.05, 4.69) is 9.47 Å². The summed E-state index contributed by atoms with van der Waals surface area (Å²) in [7, 11) is 1.26. The van der Waals surface area contributed by atoms with Crippen LogP contribution in [0.2, 0.25) is 0 Å². The molecule has 0 fully saturated rings. The van der Waals surface area contributed by atoms with E-state index in [1.54, 1.807) is 0 Å². The van der Waals surface area contributed by atoms with E-state index in [9.17, 15) is 19.2 Å². The van der Waals surface area contributed by atoms with Gasteiger partial charge in [-0.1, -0.05) is 13.8 Å². The van der Waals surface area contributed by atoms with Crippen LogP contribution in [0.15, 0.2) is 11.1 Å². The highest BCUT2D eigenvalue weighted by Crippen LogP contribution is 2.41. The predicted molar refractivity (Wildman–Crippen MR) is 72.1 cm³/mol. The van der Waals surface area contributed by atoms with Crippen LogP contribution in [0.1, 0.15) is 40.5 Å². The molecule has 1 aliphatic carbocycles. The van der Waals surface area contributed by atoms with E-state index in [1.165, 1.54) is 21.0 Å². The van der Waals surface area contributed by atoms with Gasteiger partial charge >= 0.3 is 23.9 Å². The number of aliphatic carboxylic acids is 1. The van der Waals surface area contributed by atoms with Crippen LogP contribution in [0.5, 0.6) is 0 Å². The van der Waals surface area contributed by atoms with Crippen LogP contribution in [0.4, 0.5) is 0 Å². The number of carbonyl (C=O) groups is 4. The van der Waals surface area contributed by atoms with Gasteiger partial charge < -0.3 is 14.6 Å². The third kappa shape index (κ3) is 6.69. The number of esters is 3. The van der Waals surface area contributed by atoms with E-state index in [1.807, 2.05) is 13.8 Å². The topological polar surface area (TPSA) is 107 Å². The number of ether oxygens (including phenoxy) is 2. The number of hydrogen-bond acceptors (Lipinski definition) is 6. The number of carbonyl (C=O) groups excluding carboxylic acids is 3. The summed E-state index contributed by atoms with van der Waals surface area (Å²) in [6.07, 6.45) is 0.897. The van der Waals surface area contributed by atoms with Crippen molar-refractivity contribution in [3.05, 3.63) is 11.1 Å². The smallest absolute Gasteiger partial charge is 0.334 e. The third-order valence-corrected chi connectivity index (χ3v) is 2.65.